The molecule has 3 aromatic rings. The number of aromatic nitrogens is 2. The van der Waals surface area contributed by atoms with Gasteiger partial charge in [0.1, 0.15) is 17.2 Å². The lowest BCUT2D eigenvalue weighted by atomic mass is 9.96. The molecule has 5 rings (SSSR count). The van der Waals surface area contributed by atoms with Crippen LogP contribution in [0.25, 0.3) is 5.65 Å². The summed E-state index contributed by atoms with van der Waals surface area (Å²) in [7, 11) is 0. The van der Waals surface area contributed by atoms with E-state index in [0.29, 0.717) is 36.8 Å². The molecule has 0 unspecified atom stereocenters. The lowest BCUT2D eigenvalue weighted by molar-refractivity contribution is 0.121. The molecule has 0 bridgehead atoms. The Labute approximate surface area is 191 Å². The molecule has 9 heteroatoms. The van der Waals surface area contributed by atoms with Gasteiger partial charge in [0.25, 0.3) is 0 Å². The number of carboxylic acid groups (broad SMARTS) is 1. The van der Waals surface area contributed by atoms with Crippen LogP contribution in [0, 0.1) is 12.7 Å². The first-order valence-electron chi connectivity index (χ1n) is 11.3. The van der Waals surface area contributed by atoms with E-state index in [1.165, 1.54) is 11.0 Å². The van der Waals surface area contributed by atoms with Crippen LogP contribution in [0.5, 0.6) is 5.75 Å². The third kappa shape index (κ3) is 4.27. The summed E-state index contributed by atoms with van der Waals surface area (Å²) in [5.41, 5.74) is 3.46. The SMILES string of the molecule is Cc1cn2cc(Nc3ccc(N4CCN(C(=O)O)[C@@H](C)C4)cc3F)c(OC3CCC3)cc2n1. The second-order valence-electron chi connectivity index (χ2n) is 8.93. The van der Waals surface area contributed by atoms with Gasteiger partial charge in [-0.1, -0.05) is 0 Å². The van der Waals surface area contributed by atoms with Gasteiger partial charge in [-0.3, -0.25) is 0 Å². The highest BCUT2D eigenvalue weighted by Gasteiger charge is 2.27. The van der Waals surface area contributed by atoms with Gasteiger partial charge in [-0.2, -0.15) is 0 Å². The molecule has 1 aliphatic heterocycles. The minimum absolute atomic E-state index is 0.159. The Morgan fingerprint density at radius 1 is 1.21 bits per heavy atom. The standard InChI is InChI=1S/C24H28FN5O3/c1-15-12-29-14-21(22(11-23(29)26-15)33-18-4-3-5-18)27-20-7-6-17(10-19(20)25)28-8-9-30(24(31)32)16(2)13-28/h6-7,10-12,14,16,18,27H,3-5,8-9,13H2,1-2H3,(H,31,32)/t16-/m0/s1. The molecule has 1 saturated heterocycles. The van der Waals surface area contributed by atoms with Crippen LogP contribution in [0.4, 0.5) is 26.2 Å². The maximum absolute atomic E-state index is 15.1. The van der Waals surface area contributed by atoms with Crippen molar-refractivity contribution in [3.8, 4) is 5.75 Å². The fraction of sp³-hybridized carbons (Fsp3) is 0.417. The second kappa shape index (κ2) is 8.46. The topological polar surface area (TPSA) is 82.3 Å². The molecule has 33 heavy (non-hydrogen) atoms. The highest BCUT2D eigenvalue weighted by molar-refractivity contribution is 5.71. The van der Waals surface area contributed by atoms with Gasteiger partial charge in [0.2, 0.25) is 0 Å². The second-order valence-corrected chi connectivity index (χ2v) is 8.93. The third-order valence-corrected chi connectivity index (χ3v) is 6.48. The van der Waals surface area contributed by atoms with Gasteiger partial charge in [0, 0.05) is 49.8 Å². The Morgan fingerprint density at radius 2 is 2.03 bits per heavy atom. The van der Waals surface area contributed by atoms with Crippen molar-refractivity contribution in [2.24, 2.45) is 0 Å². The van der Waals surface area contributed by atoms with Crippen molar-refractivity contribution in [2.45, 2.75) is 45.3 Å². The molecular weight excluding hydrogens is 425 g/mol. The first kappa shape index (κ1) is 21.4. The summed E-state index contributed by atoms with van der Waals surface area (Å²) in [4.78, 5) is 19.2. The summed E-state index contributed by atoms with van der Waals surface area (Å²) in [6.07, 6.45) is 6.27. The van der Waals surface area contributed by atoms with Crippen LogP contribution in [0.3, 0.4) is 0 Å². The zero-order valence-electron chi connectivity index (χ0n) is 18.8. The molecule has 1 atom stereocenters. The van der Waals surface area contributed by atoms with Gasteiger partial charge in [-0.15, -0.1) is 0 Å². The molecule has 2 fully saturated rings. The average Bonchev–Trinajstić information content (AvgIpc) is 3.10. The van der Waals surface area contributed by atoms with Crippen LogP contribution >= 0.6 is 0 Å². The van der Waals surface area contributed by atoms with Gasteiger partial charge in [0.15, 0.2) is 0 Å². The van der Waals surface area contributed by atoms with Gasteiger partial charge in [0.05, 0.1) is 23.2 Å². The smallest absolute Gasteiger partial charge is 0.407 e. The summed E-state index contributed by atoms with van der Waals surface area (Å²) in [6.45, 7) is 5.24. The van der Waals surface area contributed by atoms with Crippen molar-refractivity contribution in [1.82, 2.24) is 14.3 Å². The summed E-state index contributed by atoms with van der Waals surface area (Å²) < 4.78 is 23.2. The molecule has 2 N–H and O–H groups in total. The molecule has 1 amide bonds. The van der Waals surface area contributed by atoms with Gasteiger partial charge in [-0.25, -0.2) is 14.2 Å². The number of ether oxygens (including phenoxy) is 1. The molecular formula is C24H28FN5O3. The molecule has 1 aromatic carbocycles. The van der Waals surface area contributed by atoms with E-state index >= 15 is 4.39 Å². The first-order chi connectivity index (χ1) is 15.9. The zero-order valence-corrected chi connectivity index (χ0v) is 18.8. The number of benzene rings is 1. The molecule has 3 heterocycles. The quantitative estimate of drug-likeness (QED) is 0.586. The lowest BCUT2D eigenvalue weighted by Crippen LogP contribution is -2.53. The van der Waals surface area contributed by atoms with Crippen molar-refractivity contribution < 1.29 is 19.0 Å². The number of nitrogens with one attached hydrogen (secondary N) is 1. The predicted octanol–water partition coefficient (Wildman–Crippen LogP) is 4.65. The summed E-state index contributed by atoms with van der Waals surface area (Å²) in [5.74, 6) is 0.289. The number of hydrogen-bond donors (Lipinski definition) is 2. The Morgan fingerprint density at radius 3 is 2.70 bits per heavy atom. The fourth-order valence-electron chi connectivity index (χ4n) is 4.43. The number of aryl methyl sites for hydroxylation is 1. The summed E-state index contributed by atoms with van der Waals surface area (Å²) in [5, 5.41) is 12.5. The van der Waals surface area contributed by atoms with Crippen LogP contribution in [0.1, 0.15) is 31.9 Å². The summed E-state index contributed by atoms with van der Waals surface area (Å²) >= 11 is 0. The van der Waals surface area contributed by atoms with E-state index in [1.54, 1.807) is 6.07 Å². The minimum atomic E-state index is -0.919. The van der Waals surface area contributed by atoms with Crippen molar-refractivity contribution in [3.63, 3.8) is 0 Å². The maximum Gasteiger partial charge on any atom is 0.407 e. The van der Waals surface area contributed by atoms with Crippen molar-refractivity contribution >= 4 is 28.8 Å². The number of imidazole rings is 1. The molecule has 2 aliphatic rings. The number of nitrogens with zero attached hydrogens (tertiary/aromatic N) is 4. The highest BCUT2D eigenvalue weighted by atomic mass is 19.1. The maximum atomic E-state index is 15.1. The molecule has 1 aliphatic carbocycles. The molecule has 0 spiro atoms. The Balaban J connectivity index is 1.38. The van der Waals surface area contributed by atoms with Gasteiger partial charge in [-0.05, 0) is 51.3 Å². The number of rotatable bonds is 5. The molecule has 2 aromatic heterocycles. The van der Waals surface area contributed by atoms with Crippen molar-refractivity contribution in [2.75, 3.05) is 29.9 Å². The third-order valence-electron chi connectivity index (χ3n) is 6.48. The van der Waals surface area contributed by atoms with E-state index in [0.717, 1.165) is 36.3 Å². The normalized spacial score (nSPS) is 18.9. The number of hydrogen-bond acceptors (Lipinski definition) is 5. The number of amides is 1. The van der Waals surface area contributed by atoms with Gasteiger partial charge >= 0.3 is 6.09 Å². The van der Waals surface area contributed by atoms with Crippen LogP contribution in [-0.4, -0.2) is 57.3 Å². The Hall–Kier alpha value is -3.49. The molecule has 8 nitrogen and oxygen atoms in total. The van der Waals surface area contributed by atoms with E-state index in [9.17, 15) is 9.90 Å². The van der Waals surface area contributed by atoms with Gasteiger partial charge < -0.3 is 29.4 Å². The number of anilines is 3. The van der Waals surface area contributed by atoms with E-state index in [4.69, 9.17) is 4.74 Å². The summed E-state index contributed by atoms with van der Waals surface area (Å²) in [6, 6.07) is 6.81. The monoisotopic (exact) mass is 453 g/mol. The Bertz CT molecular complexity index is 1190. The first-order valence-corrected chi connectivity index (χ1v) is 11.3. The van der Waals surface area contributed by atoms with E-state index in [1.807, 2.05) is 47.7 Å². The largest absolute Gasteiger partial charge is 0.488 e. The van der Waals surface area contributed by atoms with Crippen molar-refractivity contribution in [3.05, 3.63) is 48.2 Å². The van der Waals surface area contributed by atoms with E-state index < -0.39 is 6.09 Å². The Kier molecular flexibility index (Phi) is 5.47. The number of fused-ring (bicyclic) bond motifs is 1. The van der Waals surface area contributed by atoms with Crippen molar-refractivity contribution in [1.29, 1.82) is 0 Å². The number of piperazine rings is 1. The van der Waals surface area contributed by atoms with E-state index in [-0.39, 0.29) is 18.0 Å². The van der Waals surface area contributed by atoms with Crippen LogP contribution in [-0.2, 0) is 0 Å². The lowest BCUT2D eigenvalue weighted by Gasteiger charge is -2.39. The predicted molar refractivity (Wildman–Crippen MR) is 124 cm³/mol. The zero-order chi connectivity index (χ0) is 23.1. The minimum Gasteiger partial charge on any atom is -0.488 e. The highest BCUT2D eigenvalue weighted by Crippen LogP contribution is 2.35. The number of pyridine rings is 1. The molecule has 1 saturated carbocycles. The number of halogens is 1. The van der Waals surface area contributed by atoms with E-state index in [2.05, 4.69) is 10.3 Å². The fourth-order valence-corrected chi connectivity index (χ4v) is 4.43. The van der Waals surface area contributed by atoms with Crippen LogP contribution in [0.15, 0.2) is 36.7 Å². The van der Waals surface area contributed by atoms with Crippen LogP contribution in [0.2, 0.25) is 0 Å². The van der Waals surface area contributed by atoms with Crippen LogP contribution < -0.4 is 15.0 Å². The number of carbonyl (C=O) groups is 1. The molecule has 174 valence electrons. The average molecular weight is 454 g/mol. The molecule has 0 radical (unpaired) electrons.